The lowest BCUT2D eigenvalue weighted by molar-refractivity contribution is 0.763. The van der Waals surface area contributed by atoms with Crippen LogP contribution in [0, 0.1) is 5.92 Å². The van der Waals surface area contributed by atoms with Crippen molar-refractivity contribution in [3.05, 3.63) is 18.0 Å². The summed E-state index contributed by atoms with van der Waals surface area (Å²) in [5.74, 6) is 1.77. The zero-order valence-corrected chi connectivity index (χ0v) is 14.1. The SMILES string of the molecule is CCNC(=NCC1CC1)NCCc1cnn(C)c1.I. The first-order chi connectivity index (χ1) is 8.78. The van der Waals surface area contributed by atoms with Gasteiger partial charge in [0.25, 0.3) is 0 Å². The van der Waals surface area contributed by atoms with Crippen molar-refractivity contribution in [1.29, 1.82) is 0 Å². The summed E-state index contributed by atoms with van der Waals surface area (Å²) in [6.07, 6.45) is 7.63. The molecule has 19 heavy (non-hydrogen) atoms. The molecule has 1 aromatic rings. The van der Waals surface area contributed by atoms with Crippen molar-refractivity contribution in [2.75, 3.05) is 19.6 Å². The molecule has 1 aliphatic carbocycles. The highest BCUT2D eigenvalue weighted by molar-refractivity contribution is 14.0. The highest BCUT2D eigenvalue weighted by Gasteiger charge is 2.20. The van der Waals surface area contributed by atoms with Gasteiger partial charge in [0.15, 0.2) is 5.96 Å². The zero-order valence-electron chi connectivity index (χ0n) is 11.7. The van der Waals surface area contributed by atoms with Crippen LogP contribution in [-0.2, 0) is 13.5 Å². The third-order valence-corrected chi connectivity index (χ3v) is 3.01. The Morgan fingerprint density at radius 3 is 2.84 bits per heavy atom. The highest BCUT2D eigenvalue weighted by Crippen LogP contribution is 2.28. The Hall–Kier alpha value is -0.790. The Balaban J connectivity index is 0.00000180. The van der Waals surface area contributed by atoms with Gasteiger partial charge in [0.05, 0.1) is 6.20 Å². The topological polar surface area (TPSA) is 54.2 Å². The number of hydrogen-bond acceptors (Lipinski definition) is 2. The van der Waals surface area contributed by atoms with Gasteiger partial charge in [-0.1, -0.05) is 0 Å². The summed E-state index contributed by atoms with van der Waals surface area (Å²) in [5.41, 5.74) is 1.25. The van der Waals surface area contributed by atoms with E-state index in [-0.39, 0.29) is 24.0 Å². The van der Waals surface area contributed by atoms with E-state index >= 15 is 0 Å². The van der Waals surface area contributed by atoms with Gasteiger partial charge < -0.3 is 10.6 Å². The molecular weight excluding hydrogens is 353 g/mol. The average Bonchev–Trinajstić information content (AvgIpc) is 3.09. The molecule has 0 spiro atoms. The molecule has 0 aliphatic heterocycles. The van der Waals surface area contributed by atoms with Crippen molar-refractivity contribution in [2.45, 2.75) is 26.2 Å². The Morgan fingerprint density at radius 1 is 1.47 bits per heavy atom. The molecule has 0 radical (unpaired) electrons. The van der Waals surface area contributed by atoms with E-state index in [9.17, 15) is 0 Å². The first-order valence-electron chi connectivity index (χ1n) is 6.77. The number of halogens is 1. The third-order valence-electron chi connectivity index (χ3n) is 3.01. The largest absolute Gasteiger partial charge is 0.357 e. The van der Waals surface area contributed by atoms with E-state index in [1.807, 2.05) is 17.9 Å². The molecule has 2 N–H and O–H groups in total. The number of nitrogens with one attached hydrogen (secondary N) is 2. The molecule has 1 heterocycles. The molecule has 1 aromatic heterocycles. The van der Waals surface area contributed by atoms with Crippen LogP contribution in [0.15, 0.2) is 17.4 Å². The van der Waals surface area contributed by atoms with Crippen molar-refractivity contribution >= 4 is 29.9 Å². The van der Waals surface area contributed by atoms with Crippen LogP contribution in [-0.4, -0.2) is 35.4 Å². The van der Waals surface area contributed by atoms with E-state index in [1.165, 1.54) is 18.4 Å². The van der Waals surface area contributed by atoms with Crippen molar-refractivity contribution in [3.8, 4) is 0 Å². The Morgan fingerprint density at radius 2 is 2.26 bits per heavy atom. The number of aliphatic imine (C=N–C) groups is 1. The normalized spacial score (nSPS) is 14.9. The lowest BCUT2D eigenvalue weighted by Crippen LogP contribution is -2.38. The van der Waals surface area contributed by atoms with Crippen LogP contribution in [0.3, 0.4) is 0 Å². The molecule has 0 bridgehead atoms. The predicted molar refractivity (Wildman–Crippen MR) is 89.0 cm³/mol. The molecule has 0 aromatic carbocycles. The van der Waals surface area contributed by atoms with Gasteiger partial charge in [0, 0.05) is 32.9 Å². The molecule has 0 atom stereocenters. The number of guanidine groups is 1. The molecule has 1 saturated carbocycles. The fourth-order valence-corrected chi connectivity index (χ4v) is 1.79. The number of hydrogen-bond donors (Lipinski definition) is 2. The van der Waals surface area contributed by atoms with Gasteiger partial charge in [0.2, 0.25) is 0 Å². The average molecular weight is 377 g/mol. The smallest absolute Gasteiger partial charge is 0.191 e. The molecule has 2 rings (SSSR count). The minimum Gasteiger partial charge on any atom is -0.357 e. The summed E-state index contributed by atoms with van der Waals surface area (Å²) in [7, 11) is 1.94. The van der Waals surface area contributed by atoms with Crippen LogP contribution in [0.5, 0.6) is 0 Å². The zero-order chi connectivity index (χ0) is 12.8. The summed E-state index contributed by atoms with van der Waals surface area (Å²) in [6.45, 7) is 4.85. The maximum Gasteiger partial charge on any atom is 0.191 e. The van der Waals surface area contributed by atoms with Gasteiger partial charge in [-0.3, -0.25) is 9.67 Å². The molecule has 0 amide bonds. The van der Waals surface area contributed by atoms with Crippen LogP contribution in [0.25, 0.3) is 0 Å². The number of nitrogens with zero attached hydrogens (tertiary/aromatic N) is 3. The Kier molecular flexibility index (Phi) is 7.19. The second kappa shape index (κ2) is 8.39. The van der Waals surface area contributed by atoms with E-state index < -0.39 is 0 Å². The maximum absolute atomic E-state index is 4.59. The lowest BCUT2D eigenvalue weighted by atomic mass is 10.2. The van der Waals surface area contributed by atoms with Crippen molar-refractivity contribution < 1.29 is 0 Å². The Bertz CT molecular complexity index is 397. The van der Waals surface area contributed by atoms with E-state index in [1.54, 1.807) is 0 Å². The molecule has 108 valence electrons. The number of aromatic nitrogens is 2. The fraction of sp³-hybridized carbons (Fsp3) is 0.692. The quantitative estimate of drug-likeness (QED) is 0.449. The molecule has 1 aliphatic rings. The summed E-state index contributed by atoms with van der Waals surface area (Å²) in [6, 6.07) is 0. The molecular formula is C13H24IN5. The second-order valence-electron chi connectivity index (χ2n) is 4.86. The lowest BCUT2D eigenvalue weighted by Gasteiger charge is -2.10. The van der Waals surface area contributed by atoms with E-state index in [0.29, 0.717) is 0 Å². The molecule has 5 nitrogen and oxygen atoms in total. The van der Waals surface area contributed by atoms with Crippen LogP contribution < -0.4 is 10.6 Å². The van der Waals surface area contributed by atoms with Gasteiger partial charge >= 0.3 is 0 Å². The Labute approximate surface area is 132 Å². The maximum atomic E-state index is 4.59. The first kappa shape index (κ1) is 16.3. The van der Waals surface area contributed by atoms with Gasteiger partial charge in [-0.15, -0.1) is 24.0 Å². The van der Waals surface area contributed by atoms with Gasteiger partial charge in [-0.2, -0.15) is 5.10 Å². The van der Waals surface area contributed by atoms with Gasteiger partial charge in [0.1, 0.15) is 0 Å². The molecule has 0 unspecified atom stereocenters. The monoisotopic (exact) mass is 377 g/mol. The number of rotatable bonds is 6. The fourth-order valence-electron chi connectivity index (χ4n) is 1.79. The van der Waals surface area contributed by atoms with Crippen LogP contribution >= 0.6 is 24.0 Å². The van der Waals surface area contributed by atoms with Crippen LogP contribution in [0.4, 0.5) is 0 Å². The number of aryl methyl sites for hydroxylation is 1. The minimum atomic E-state index is 0. The van der Waals surface area contributed by atoms with Gasteiger partial charge in [-0.05, 0) is 37.7 Å². The second-order valence-corrected chi connectivity index (χ2v) is 4.86. The van der Waals surface area contributed by atoms with Crippen LogP contribution in [0.2, 0.25) is 0 Å². The third kappa shape index (κ3) is 6.26. The predicted octanol–water partition coefficient (Wildman–Crippen LogP) is 1.55. The summed E-state index contributed by atoms with van der Waals surface area (Å²) < 4.78 is 1.84. The molecule has 0 saturated heterocycles. The van der Waals surface area contributed by atoms with E-state index in [0.717, 1.165) is 37.9 Å². The van der Waals surface area contributed by atoms with Gasteiger partial charge in [-0.25, -0.2) is 0 Å². The molecule has 6 heteroatoms. The molecule has 1 fully saturated rings. The van der Waals surface area contributed by atoms with Crippen LogP contribution in [0.1, 0.15) is 25.3 Å². The van der Waals surface area contributed by atoms with Crippen molar-refractivity contribution in [3.63, 3.8) is 0 Å². The van der Waals surface area contributed by atoms with Crippen molar-refractivity contribution in [1.82, 2.24) is 20.4 Å². The minimum absolute atomic E-state index is 0. The standard InChI is InChI=1S/C13H23N5.HI/c1-3-14-13(16-8-11-4-5-11)15-7-6-12-9-17-18(2)10-12;/h9-11H,3-8H2,1-2H3,(H2,14,15,16);1H. The van der Waals surface area contributed by atoms with E-state index in [2.05, 4.69) is 33.8 Å². The summed E-state index contributed by atoms with van der Waals surface area (Å²) in [5, 5.41) is 10.8. The highest BCUT2D eigenvalue weighted by atomic mass is 127. The summed E-state index contributed by atoms with van der Waals surface area (Å²) in [4.78, 5) is 4.59. The first-order valence-corrected chi connectivity index (χ1v) is 6.77. The summed E-state index contributed by atoms with van der Waals surface area (Å²) >= 11 is 0. The van der Waals surface area contributed by atoms with Crippen molar-refractivity contribution in [2.24, 2.45) is 18.0 Å². The van der Waals surface area contributed by atoms with E-state index in [4.69, 9.17) is 0 Å².